The molecule has 0 amide bonds. The van der Waals surface area contributed by atoms with Gasteiger partial charge < -0.3 is 10.7 Å². The topological polar surface area (TPSA) is 34.2 Å². The predicted octanol–water partition coefficient (Wildman–Crippen LogP) is 6.51. The van der Waals surface area contributed by atoms with Crippen molar-refractivity contribution >= 4 is 54.7 Å². The number of nitrogen functional groups attached to an aromatic ring is 1. The van der Waals surface area contributed by atoms with Gasteiger partial charge in [-0.3, -0.25) is 4.68 Å². The maximum Gasteiger partial charge on any atom is 0.0788 e. The van der Waals surface area contributed by atoms with Crippen molar-refractivity contribution < 1.29 is 0 Å². The Bertz CT molecular complexity index is 1640. The van der Waals surface area contributed by atoms with E-state index in [0.29, 0.717) is 0 Å². The summed E-state index contributed by atoms with van der Waals surface area (Å²) in [4.78, 5) is 2.41. The highest BCUT2D eigenvalue weighted by Crippen LogP contribution is 2.45. The lowest BCUT2D eigenvalue weighted by atomic mass is 9.96. The van der Waals surface area contributed by atoms with Gasteiger partial charge in [-0.05, 0) is 40.8 Å². The molecule has 2 heterocycles. The number of hydrogen-bond acceptors (Lipinski definition) is 2. The molecule has 7 rings (SSSR count). The molecule has 0 saturated heterocycles. The summed E-state index contributed by atoms with van der Waals surface area (Å²) in [6, 6.07) is 32.5. The molecule has 2 N–H and O–H groups in total. The quantitative estimate of drug-likeness (QED) is 0.253. The van der Waals surface area contributed by atoms with Crippen LogP contribution in [0.4, 0.5) is 11.4 Å². The van der Waals surface area contributed by atoms with Gasteiger partial charge >= 0.3 is 0 Å². The summed E-state index contributed by atoms with van der Waals surface area (Å²) >= 11 is 0. The van der Waals surface area contributed by atoms with E-state index in [2.05, 4.69) is 95.9 Å². The van der Waals surface area contributed by atoms with E-state index in [1.54, 1.807) is 0 Å². The van der Waals surface area contributed by atoms with Crippen LogP contribution < -0.4 is 10.7 Å². The predicted molar refractivity (Wildman–Crippen MR) is 132 cm³/mol. The van der Waals surface area contributed by atoms with Crippen molar-refractivity contribution in [1.29, 1.82) is 0 Å². The minimum atomic E-state index is 0.974. The number of fused-ring (bicyclic) bond motifs is 10. The van der Waals surface area contributed by atoms with Crippen molar-refractivity contribution in [2.75, 3.05) is 17.3 Å². The SMILES string of the molecule is Nn1c2c3c(ccc2c2c4ccccc4c4ccccc4c21)N(c1ccccc1)CC3. The number of para-hydroxylation sites is 1. The molecular weight excluding hydrogens is 378 g/mol. The van der Waals surface area contributed by atoms with E-state index in [-0.39, 0.29) is 0 Å². The molecular formula is C28H21N3. The molecule has 0 saturated carbocycles. The Morgan fingerprint density at radius 3 is 2.00 bits per heavy atom. The van der Waals surface area contributed by atoms with E-state index in [1.165, 1.54) is 49.3 Å². The molecule has 1 aromatic heterocycles. The van der Waals surface area contributed by atoms with Crippen molar-refractivity contribution in [3.05, 3.63) is 96.6 Å². The van der Waals surface area contributed by atoms with Gasteiger partial charge in [0.1, 0.15) is 0 Å². The number of hydrogen-bond donors (Lipinski definition) is 1. The fourth-order valence-corrected chi connectivity index (χ4v) is 5.58. The summed E-state index contributed by atoms with van der Waals surface area (Å²) in [6.45, 7) is 0.974. The highest BCUT2D eigenvalue weighted by Gasteiger charge is 2.26. The summed E-state index contributed by atoms with van der Waals surface area (Å²) in [5.74, 6) is 6.89. The minimum absolute atomic E-state index is 0.974. The molecule has 3 nitrogen and oxygen atoms in total. The first-order chi connectivity index (χ1) is 15.3. The molecule has 31 heavy (non-hydrogen) atoms. The number of nitrogens with two attached hydrogens (primary N) is 1. The van der Waals surface area contributed by atoms with Crippen LogP contribution in [0.5, 0.6) is 0 Å². The molecule has 0 radical (unpaired) electrons. The summed E-state index contributed by atoms with van der Waals surface area (Å²) in [7, 11) is 0. The van der Waals surface area contributed by atoms with Gasteiger partial charge in [0.25, 0.3) is 0 Å². The summed E-state index contributed by atoms with van der Waals surface area (Å²) in [5.41, 5.74) is 6.12. The fraction of sp³-hybridized carbons (Fsp3) is 0.0714. The van der Waals surface area contributed by atoms with E-state index in [0.717, 1.165) is 24.0 Å². The third kappa shape index (κ3) is 2.13. The number of benzene rings is 5. The van der Waals surface area contributed by atoms with E-state index in [9.17, 15) is 0 Å². The number of nitrogens with zero attached hydrogens (tertiary/aromatic N) is 2. The molecule has 1 aliphatic heterocycles. The molecule has 0 unspecified atom stereocenters. The largest absolute Gasteiger partial charge is 0.341 e. The summed E-state index contributed by atoms with van der Waals surface area (Å²) in [6.07, 6.45) is 0.991. The van der Waals surface area contributed by atoms with Crippen LogP contribution >= 0.6 is 0 Å². The van der Waals surface area contributed by atoms with Crippen LogP contribution in [-0.2, 0) is 6.42 Å². The molecule has 148 valence electrons. The first kappa shape index (κ1) is 16.8. The Kier molecular flexibility index (Phi) is 3.26. The zero-order chi connectivity index (χ0) is 20.5. The van der Waals surface area contributed by atoms with Crippen LogP contribution in [-0.4, -0.2) is 11.2 Å². The third-order valence-electron chi connectivity index (χ3n) is 6.86. The van der Waals surface area contributed by atoms with Crippen LogP contribution in [0, 0.1) is 0 Å². The van der Waals surface area contributed by atoms with E-state index >= 15 is 0 Å². The van der Waals surface area contributed by atoms with E-state index < -0.39 is 0 Å². The normalized spacial score (nSPS) is 13.6. The molecule has 3 heteroatoms. The average Bonchev–Trinajstić information content (AvgIpc) is 3.39. The summed E-state index contributed by atoms with van der Waals surface area (Å²) < 4.78 is 1.95. The molecule has 0 aliphatic carbocycles. The minimum Gasteiger partial charge on any atom is -0.341 e. The number of rotatable bonds is 1. The summed E-state index contributed by atoms with van der Waals surface area (Å²) in [5, 5.41) is 7.51. The Hall–Kier alpha value is -3.98. The fourth-order valence-electron chi connectivity index (χ4n) is 5.58. The Morgan fingerprint density at radius 1 is 0.581 bits per heavy atom. The van der Waals surface area contributed by atoms with Crippen molar-refractivity contribution in [2.45, 2.75) is 6.42 Å². The van der Waals surface area contributed by atoms with Crippen molar-refractivity contribution in [3.63, 3.8) is 0 Å². The van der Waals surface area contributed by atoms with Crippen LogP contribution in [0.1, 0.15) is 5.56 Å². The van der Waals surface area contributed by atoms with Crippen molar-refractivity contribution in [1.82, 2.24) is 4.68 Å². The molecule has 1 aliphatic rings. The highest BCUT2D eigenvalue weighted by atomic mass is 15.3. The molecule has 0 spiro atoms. The maximum atomic E-state index is 6.89. The zero-order valence-electron chi connectivity index (χ0n) is 17.0. The van der Waals surface area contributed by atoms with Crippen molar-refractivity contribution in [2.24, 2.45) is 0 Å². The second-order valence-corrected chi connectivity index (χ2v) is 8.38. The van der Waals surface area contributed by atoms with Gasteiger partial charge in [-0.1, -0.05) is 72.8 Å². The number of aromatic nitrogens is 1. The third-order valence-corrected chi connectivity index (χ3v) is 6.86. The number of anilines is 2. The van der Waals surface area contributed by atoms with Gasteiger partial charge in [-0.2, -0.15) is 0 Å². The van der Waals surface area contributed by atoms with Crippen LogP contribution in [0.15, 0.2) is 91.0 Å². The first-order valence-electron chi connectivity index (χ1n) is 10.8. The lowest BCUT2D eigenvalue weighted by molar-refractivity contribution is 0.995. The molecule has 0 bridgehead atoms. The van der Waals surface area contributed by atoms with Gasteiger partial charge in [-0.25, -0.2) is 0 Å². The molecule has 0 fully saturated rings. The van der Waals surface area contributed by atoms with Gasteiger partial charge in [0, 0.05) is 39.6 Å². The van der Waals surface area contributed by atoms with Crippen molar-refractivity contribution in [3.8, 4) is 0 Å². The lowest BCUT2D eigenvalue weighted by Gasteiger charge is -2.19. The second-order valence-electron chi connectivity index (χ2n) is 8.38. The van der Waals surface area contributed by atoms with Gasteiger partial charge in [-0.15, -0.1) is 0 Å². The molecule has 6 aromatic rings. The van der Waals surface area contributed by atoms with Gasteiger partial charge in [0.15, 0.2) is 0 Å². The van der Waals surface area contributed by atoms with Crippen LogP contribution in [0.25, 0.3) is 43.4 Å². The zero-order valence-corrected chi connectivity index (χ0v) is 17.0. The molecule has 0 atom stereocenters. The van der Waals surface area contributed by atoms with Gasteiger partial charge in [0.2, 0.25) is 0 Å². The Balaban J connectivity index is 1.65. The van der Waals surface area contributed by atoms with Crippen LogP contribution in [0.2, 0.25) is 0 Å². The first-order valence-corrected chi connectivity index (χ1v) is 10.8. The maximum absolute atomic E-state index is 6.89. The van der Waals surface area contributed by atoms with E-state index in [4.69, 9.17) is 5.84 Å². The molecule has 5 aromatic carbocycles. The van der Waals surface area contributed by atoms with Crippen LogP contribution in [0.3, 0.4) is 0 Å². The monoisotopic (exact) mass is 399 g/mol. The highest BCUT2D eigenvalue weighted by molar-refractivity contribution is 6.32. The Morgan fingerprint density at radius 2 is 1.23 bits per heavy atom. The Labute approximate surface area is 179 Å². The van der Waals surface area contributed by atoms with Gasteiger partial charge in [0.05, 0.1) is 11.0 Å². The lowest BCUT2D eigenvalue weighted by Crippen LogP contribution is -2.12. The second kappa shape index (κ2) is 6.02. The standard InChI is InChI=1S/C28H21N3/c29-31-27-23-16-17-30(18-8-2-1-3-9-18)25(23)15-14-24(27)26-21-12-6-4-10-19(21)20-11-5-7-13-22(20)28(26)31/h1-15H,16-17,29H2. The average molecular weight is 399 g/mol. The smallest absolute Gasteiger partial charge is 0.0788 e. The van der Waals surface area contributed by atoms with E-state index in [1.807, 2.05) is 4.68 Å².